The molecule has 2 rings (SSSR count). The number of carbonyl (C=O) groups is 1. The van der Waals surface area contributed by atoms with Crippen molar-refractivity contribution in [1.29, 1.82) is 0 Å². The maximum Gasteiger partial charge on any atom is 0.340 e. The van der Waals surface area contributed by atoms with Gasteiger partial charge in [-0.2, -0.15) is 5.10 Å². The van der Waals surface area contributed by atoms with E-state index in [0.29, 0.717) is 22.3 Å². The summed E-state index contributed by atoms with van der Waals surface area (Å²) in [6, 6.07) is 0. The lowest BCUT2D eigenvalue weighted by atomic mass is 10.2. The van der Waals surface area contributed by atoms with E-state index in [1.54, 1.807) is 18.5 Å². The third-order valence-electron chi connectivity index (χ3n) is 2.99. The summed E-state index contributed by atoms with van der Waals surface area (Å²) in [5.41, 5.74) is 2.54. The van der Waals surface area contributed by atoms with Crippen LogP contribution in [0.15, 0.2) is 9.50 Å². The predicted molar refractivity (Wildman–Crippen MR) is 83.7 cm³/mol. The van der Waals surface area contributed by atoms with Gasteiger partial charge in [-0.05, 0) is 36.7 Å². The van der Waals surface area contributed by atoms with Crippen LogP contribution in [0.5, 0.6) is 0 Å². The fourth-order valence-electron chi connectivity index (χ4n) is 2.01. The lowest BCUT2D eigenvalue weighted by molar-refractivity contribution is 0.0690. The van der Waals surface area contributed by atoms with Crippen LogP contribution < -0.4 is 0 Å². The van der Waals surface area contributed by atoms with Crippen molar-refractivity contribution >= 4 is 33.7 Å². The van der Waals surface area contributed by atoms with E-state index in [9.17, 15) is 9.90 Å². The molecule has 0 atom stereocenters. The minimum atomic E-state index is -1.00. The summed E-state index contributed by atoms with van der Waals surface area (Å²) >= 11 is 4.88. The quantitative estimate of drug-likeness (QED) is 0.658. The highest BCUT2D eigenvalue weighted by Gasteiger charge is 2.19. The number of halogens is 1. The molecule has 112 valence electrons. The van der Waals surface area contributed by atoms with Gasteiger partial charge in [0.25, 0.3) is 0 Å². The number of nitrogens with zero attached hydrogens (tertiary/aromatic N) is 4. The summed E-state index contributed by atoms with van der Waals surface area (Å²) in [5, 5.41) is 14.1. The monoisotopic (exact) mass is 370 g/mol. The first-order chi connectivity index (χ1) is 9.81. The van der Waals surface area contributed by atoms with E-state index in [2.05, 4.69) is 31.0 Å². The Morgan fingerprint density at radius 1 is 1.29 bits per heavy atom. The van der Waals surface area contributed by atoms with Crippen LogP contribution in [0.4, 0.5) is 0 Å². The minimum Gasteiger partial charge on any atom is -0.478 e. The van der Waals surface area contributed by atoms with Gasteiger partial charge in [-0.25, -0.2) is 14.8 Å². The molecule has 2 aromatic heterocycles. The zero-order chi connectivity index (χ0) is 15.7. The summed E-state index contributed by atoms with van der Waals surface area (Å²) in [5.74, 6) is 0.143. The number of aromatic carboxylic acids is 1. The van der Waals surface area contributed by atoms with E-state index in [4.69, 9.17) is 0 Å². The lowest BCUT2D eigenvalue weighted by Gasteiger charge is -2.09. The SMILES string of the molecule is Cc1nc(C)c(C(=O)O)c(SCc2c(Br)c(C)nn2C)n1. The van der Waals surface area contributed by atoms with Crippen LogP contribution in [-0.2, 0) is 12.8 Å². The maximum absolute atomic E-state index is 11.4. The molecule has 0 radical (unpaired) electrons. The number of carboxylic acids is 1. The standard InChI is InChI=1S/C13H15BrN4O2S/c1-6-10(13(19)20)12(16-8(3)15-6)21-5-9-11(14)7(2)17-18(9)4/h5H2,1-4H3,(H,19,20). The molecule has 0 aliphatic carbocycles. The fraction of sp³-hybridized carbons (Fsp3) is 0.385. The van der Waals surface area contributed by atoms with Gasteiger partial charge in [0.2, 0.25) is 0 Å². The molecule has 0 unspecified atom stereocenters. The molecule has 2 aromatic rings. The average molecular weight is 371 g/mol. The number of thioether (sulfide) groups is 1. The van der Waals surface area contributed by atoms with E-state index >= 15 is 0 Å². The third kappa shape index (κ3) is 3.26. The van der Waals surface area contributed by atoms with E-state index in [1.165, 1.54) is 11.8 Å². The molecule has 0 saturated heterocycles. The summed E-state index contributed by atoms with van der Waals surface area (Å²) in [7, 11) is 1.86. The summed E-state index contributed by atoms with van der Waals surface area (Å²) < 4.78 is 2.73. The fourth-order valence-corrected chi connectivity index (χ4v) is 3.85. The minimum absolute atomic E-state index is 0.167. The molecule has 0 fully saturated rings. The van der Waals surface area contributed by atoms with Crippen LogP contribution in [0.2, 0.25) is 0 Å². The molecule has 21 heavy (non-hydrogen) atoms. The number of carboxylic acid groups (broad SMARTS) is 1. The molecule has 8 heteroatoms. The summed E-state index contributed by atoms with van der Waals surface area (Å²) in [4.78, 5) is 19.8. The van der Waals surface area contributed by atoms with Crippen LogP contribution in [0, 0.1) is 20.8 Å². The Labute approximate surface area is 135 Å². The highest BCUT2D eigenvalue weighted by Crippen LogP contribution is 2.30. The molecular weight excluding hydrogens is 356 g/mol. The second-order valence-electron chi connectivity index (χ2n) is 4.60. The Balaban J connectivity index is 2.34. The van der Waals surface area contributed by atoms with Crippen LogP contribution in [-0.4, -0.2) is 30.8 Å². The van der Waals surface area contributed by atoms with Gasteiger partial charge in [0.05, 0.1) is 21.6 Å². The zero-order valence-corrected chi connectivity index (χ0v) is 14.5. The molecule has 0 bridgehead atoms. The highest BCUT2D eigenvalue weighted by molar-refractivity contribution is 9.10. The van der Waals surface area contributed by atoms with E-state index < -0.39 is 5.97 Å². The van der Waals surface area contributed by atoms with Gasteiger partial charge >= 0.3 is 5.97 Å². The van der Waals surface area contributed by atoms with Crippen LogP contribution in [0.25, 0.3) is 0 Å². The molecule has 2 heterocycles. The van der Waals surface area contributed by atoms with E-state index in [-0.39, 0.29) is 5.56 Å². The van der Waals surface area contributed by atoms with Gasteiger partial charge in [0, 0.05) is 12.8 Å². The number of hydrogen-bond donors (Lipinski definition) is 1. The Hall–Kier alpha value is -1.41. The maximum atomic E-state index is 11.4. The number of aromatic nitrogens is 4. The first-order valence-corrected chi connectivity index (χ1v) is 7.98. The van der Waals surface area contributed by atoms with Crippen LogP contribution >= 0.6 is 27.7 Å². The van der Waals surface area contributed by atoms with Crippen molar-refractivity contribution in [3.63, 3.8) is 0 Å². The lowest BCUT2D eigenvalue weighted by Crippen LogP contribution is -2.08. The van der Waals surface area contributed by atoms with E-state index in [1.807, 2.05) is 14.0 Å². The Kier molecular flexibility index (Phi) is 4.67. The van der Waals surface area contributed by atoms with E-state index in [0.717, 1.165) is 15.9 Å². The molecule has 0 saturated carbocycles. The van der Waals surface area contributed by atoms with Gasteiger partial charge < -0.3 is 5.11 Å². The summed E-state index contributed by atoms with van der Waals surface area (Å²) in [6.07, 6.45) is 0. The third-order valence-corrected chi connectivity index (χ3v) is 5.01. The molecule has 0 aliphatic heterocycles. The Morgan fingerprint density at radius 3 is 2.48 bits per heavy atom. The van der Waals surface area contributed by atoms with Crippen molar-refractivity contribution in [2.24, 2.45) is 7.05 Å². The Morgan fingerprint density at radius 2 is 1.95 bits per heavy atom. The smallest absolute Gasteiger partial charge is 0.340 e. The van der Waals surface area contributed by atoms with Crippen molar-refractivity contribution in [2.75, 3.05) is 0 Å². The van der Waals surface area contributed by atoms with Crippen molar-refractivity contribution in [3.8, 4) is 0 Å². The normalized spacial score (nSPS) is 10.9. The van der Waals surface area contributed by atoms with Crippen LogP contribution in [0.1, 0.15) is 33.3 Å². The van der Waals surface area contributed by atoms with Crippen molar-refractivity contribution in [2.45, 2.75) is 31.6 Å². The zero-order valence-electron chi connectivity index (χ0n) is 12.1. The molecule has 1 N–H and O–H groups in total. The van der Waals surface area contributed by atoms with Gasteiger partial charge in [0.1, 0.15) is 16.4 Å². The molecule has 0 aromatic carbocycles. The molecule has 0 amide bonds. The molecule has 0 spiro atoms. The Bertz CT molecular complexity index is 715. The van der Waals surface area contributed by atoms with Crippen molar-refractivity contribution in [3.05, 3.63) is 32.9 Å². The van der Waals surface area contributed by atoms with Gasteiger partial charge in [-0.1, -0.05) is 11.8 Å². The first-order valence-electron chi connectivity index (χ1n) is 6.20. The highest BCUT2D eigenvalue weighted by atomic mass is 79.9. The first kappa shape index (κ1) is 16.0. The van der Waals surface area contributed by atoms with Gasteiger partial charge in [-0.15, -0.1) is 0 Å². The average Bonchev–Trinajstić information content (AvgIpc) is 2.59. The van der Waals surface area contributed by atoms with Gasteiger partial charge in [-0.3, -0.25) is 4.68 Å². The topological polar surface area (TPSA) is 80.9 Å². The molecule has 6 nitrogen and oxygen atoms in total. The second-order valence-corrected chi connectivity index (χ2v) is 6.36. The van der Waals surface area contributed by atoms with Crippen LogP contribution in [0.3, 0.4) is 0 Å². The number of aryl methyl sites for hydroxylation is 4. The van der Waals surface area contributed by atoms with Crippen molar-refractivity contribution < 1.29 is 9.90 Å². The predicted octanol–water partition coefficient (Wildman–Crippen LogP) is 2.89. The largest absolute Gasteiger partial charge is 0.478 e. The summed E-state index contributed by atoms with van der Waals surface area (Å²) in [6.45, 7) is 5.36. The second kappa shape index (κ2) is 6.15. The molecule has 0 aliphatic rings. The number of rotatable bonds is 4. The van der Waals surface area contributed by atoms with Crippen molar-refractivity contribution in [1.82, 2.24) is 19.7 Å². The van der Waals surface area contributed by atoms with Gasteiger partial charge in [0.15, 0.2) is 0 Å². The number of hydrogen-bond acceptors (Lipinski definition) is 5. The molecular formula is C13H15BrN4O2S.